The first-order chi connectivity index (χ1) is 14.4. The van der Waals surface area contributed by atoms with E-state index in [4.69, 9.17) is 9.94 Å². The fourth-order valence-corrected chi connectivity index (χ4v) is 7.07. The van der Waals surface area contributed by atoms with Gasteiger partial charge in [-0.25, -0.2) is 18.2 Å². The number of hydrogen-bond acceptors (Lipinski definition) is 6. The summed E-state index contributed by atoms with van der Waals surface area (Å²) in [7, 11) is -3.90. The summed E-state index contributed by atoms with van der Waals surface area (Å²) in [6.07, 6.45) is 7.30. The molecule has 0 aromatic rings. The summed E-state index contributed by atoms with van der Waals surface area (Å²) in [5.74, 6) is -0.163. The first-order valence-corrected chi connectivity index (χ1v) is 12.6. The molecule has 0 aliphatic carbocycles. The van der Waals surface area contributed by atoms with Gasteiger partial charge in [-0.05, 0) is 38.0 Å². The highest BCUT2D eigenvalue weighted by molar-refractivity contribution is 7.91. The van der Waals surface area contributed by atoms with E-state index in [0.29, 0.717) is 25.4 Å². The van der Waals surface area contributed by atoms with Crippen LogP contribution in [0.1, 0.15) is 64.2 Å². The van der Waals surface area contributed by atoms with Crippen molar-refractivity contribution in [3.8, 4) is 0 Å². The van der Waals surface area contributed by atoms with Crippen LogP contribution < -0.4 is 5.48 Å². The molecule has 0 atom stereocenters. The lowest BCUT2D eigenvalue weighted by Gasteiger charge is -2.40. The van der Waals surface area contributed by atoms with Crippen LogP contribution in [0.4, 0.5) is 0 Å². The Hall–Kier alpha value is -1.23. The second-order valence-corrected chi connectivity index (χ2v) is 11.0. The molecule has 0 aromatic carbocycles. The molecule has 2 amide bonds. The van der Waals surface area contributed by atoms with Crippen LogP contribution in [0.2, 0.25) is 0 Å². The lowest BCUT2D eigenvalue weighted by Crippen LogP contribution is -2.60. The maximum Gasteiger partial charge on any atom is 0.266 e. The normalized spacial score (nSPS) is 23.4. The number of likely N-dealkylation sites (tertiary alicyclic amines) is 1. The fourth-order valence-electron chi connectivity index (χ4n) is 4.92. The van der Waals surface area contributed by atoms with Crippen molar-refractivity contribution in [1.29, 1.82) is 0 Å². The summed E-state index contributed by atoms with van der Waals surface area (Å²) in [6.45, 7) is 2.93. The monoisotopic (exact) mass is 445 g/mol. The largest absolute Gasteiger partial charge is 0.381 e. The number of piperidine rings is 1. The zero-order chi connectivity index (χ0) is 21.6. The van der Waals surface area contributed by atoms with Gasteiger partial charge in [-0.1, -0.05) is 12.8 Å². The van der Waals surface area contributed by atoms with E-state index in [1.165, 1.54) is 4.31 Å². The van der Waals surface area contributed by atoms with Gasteiger partial charge in [0.25, 0.3) is 5.91 Å². The van der Waals surface area contributed by atoms with E-state index >= 15 is 0 Å². The fraction of sp³-hybridized carbons (Fsp3) is 0.900. The molecule has 2 N–H and O–H groups in total. The molecule has 0 saturated carbocycles. The van der Waals surface area contributed by atoms with E-state index in [2.05, 4.69) is 0 Å². The van der Waals surface area contributed by atoms with Crippen molar-refractivity contribution in [2.45, 2.75) is 69.0 Å². The molecule has 0 unspecified atom stereocenters. The summed E-state index contributed by atoms with van der Waals surface area (Å²) in [5, 5.41) is 9.13. The molecule has 3 aliphatic heterocycles. The molecule has 0 spiro atoms. The van der Waals surface area contributed by atoms with Crippen LogP contribution in [0.3, 0.4) is 0 Å². The van der Waals surface area contributed by atoms with Gasteiger partial charge in [0.05, 0.1) is 0 Å². The van der Waals surface area contributed by atoms with Crippen molar-refractivity contribution in [2.75, 3.05) is 39.4 Å². The van der Waals surface area contributed by atoms with E-state index in [1.54, 1.807) is 5.48 Å². The van der Waals surface area contributed by atoms with Gasteiger partial charge >= 0.3 is 0 Å². The van der Waals surface area contributed by atoms with Crippen LogP contribution in [-0.4, -0.2) is 78.8 Å². The van der Waals surface area contributed by atoms with E-state index in [9.17, 15) is 18.0 Å². The molecule has 0 aromatic heterocycles. The molecule has 172 valence electrons. The van der Waals surface area contributed by atoms with E-state index in [1.807, 2.05) is 4.90 Å². The van der Waals surface area contributed by atoms with Gasteiger partial charge < -0.3 is 9.64 Å². The van der Waals surface area contributed by atoms with Crippen LogP contribution in [-0.2, 0) is 24.3 Å². The number of amides is 2. The lowest BCUT2D eigenvalue weighted by atomic mass is 9.92. The number of ether oxygens (including phenoxy) is 1. The predicted molar refractivity (Wildman–Crippen MR) is 110 cm³/mol. The standard InChI is InChI=1S/C20H35N3O6S/c24-18(22-11-3-4-12-22)6-2-1-5-17-7-13-23(14-8-17)30(27,28)20(19(25)21-26)9-15-29-16-10-20/h17,26H,1-16H2,(H,21,25). The summed E-state index contributed by atoms with van der Waals surface area (Å²) < 4.78 is 31.6. The first kappa shape index (κ1) is 23.4. The van der Waals surface area contributed by atoms with Gasteiger partial charge in [0.2, 0.25) is 15.9 Å². The second-order valence-electron chi connectivity index (χ2n) is 8.73. The number of hydrogen-bond donors (Lipinski definition) is 2. The summed E-state index contributed by atoms with van der Waals surface area (Å²) in [4.78, 5) is 26.4. The predicted octanol–water partition coefficient (Wildman–Crippen LogP) is 1.27. The average Bonchev–Trinajstić information content (AvgIpc) is 3.32. The average molecular weight is 446 g/mol. The van der Waals surface area contributed by atoms with Crippen molar-refractivity contribution in [1.82, 2.24) is 14.7 Å². The van der Waals surface area contributed by atoms with Crippen LogP contribution in [0.15, 0.2) is 0 Å². The molecule has 9 nitrogen and oxygen atoms in total. The number of carbonyl (C=O) groups excluding carboxylic acids is 2. The molecule has 3 aliphatic rings. The Morgan fingerprint density at radius 2 is 1.67 bits per heavy atom. The molecule has 10 heteroatoms. The second kappa shape index (κ2) is 10.4. The van der Waals surface area contributed by atoms with Gasteiger partial charge in [0.15, 0.2) is 4.75 Å². The summed E-state index contributed by atoms with van der Waals surface area (Å²) in [6, 6.07) is 0. The molecule has 3 fully saturated rings. The first-order valence-electron chi connectivity index (χ1n) is 11.2. The SMILES string of the molecule is O=C(CCCCC1CCN(S(=O)(=O)C2(C(=O)NO)CCOCC2)CC1)N1CCCC1. The molecular formula is C20H35N3O6S. The molecule has 0 bridgehead atoms. The number of carbonyl (C=O) groups is 2. The molecule has 3 saturated heterocycles. The molecule has 30 heavy (non-hydrogen) atoms. The number of hydroxylamine groups is 1. The third kappa shape index (κ3) is 4.98. The van der Waals surface area contributed by atoms with E-state index in [0.717, 1.165) is 58.0 Å². The van der Waals surface area contributed by atoms with Crippen LogP contribution in [0.25, 0.3) is 0 Å². The Morgan fingerprint density at radius 3 is 2.27 bits per heavy atom. The van der Waals surface area contributed by atoms with Gasteiger partial charge in [-0.3, -0.25) is 14.8 Å². The van der Waals surface area contributed by atoms with Crippen molar-refractivity contribution in [3.05, 3.63) is 0 Å². The van der Waals surface area contributed by atoms with E-state index in [-0.39, 0.29) is 32.0 Å². The number of unbranched alkanes of at least 4 members (excludes halogenated alkanes) is 1. The lowest BCUT2D eigenvalue weighted by molar-refractivity contribution is -0.134. The van der Waals surface area contributed by atoms with Crippen molar-refractivity contribution < 1.29 is 28.0 Å². The van der Waals surface area contributed by atoms with Crippen LogP contribution in [0.5, 0.6) is 0 Å². The molecule has 0 radical (unpaired) electrons. The third-order valence-electron chi connectivity index (χ3n) is 6.93. The van der Waals surface area contributed by atoms with Gasteiger partial charge in [0, 0.05) is 58.7 Å². The highest BCUT2D eigenvalue weighted by atomic mass is 32.2. The third-order valence-corrected chi connectivity index (χ3v) is 9.56. The molecule has 3 rings (SSSR count). The summed E-state index contributed by atoms with van der Waals surface area (Å²) >= 11 is 0. The quantitative estimate of drug-likeness (QED) is 0.330. The van der Waals surface area contributed by atoms with E-state index < -0.39 is 20.7 Å². The maximum atomic E-state index is 13.3. The zero-order valence-electron chi connectivity index (χ0n) is 17.7. The summed E-state index contributed by atoms with van der Waals surface area (Å²) in [5.41, 5.74) is 1.56. The highest BCUT2D eigenvalue weighted by Crippen LogP contribution is 2.35. The smallest absolute Gasteiger partial charge is 0.266 e. The van der Waals surface area contributed by atoms with Gasteiger partial charge in [-0.2, -0.15) is 0 Å². The minimum atomic E-state index is -3.90. The Morgan fingerprint density at radius 1 is 1.03 bits per heavy atom. The topological polar surface area (TPSA) is 116 Å². The zero-order valence-corrected chi connectivity index (χ0v) is 18.5. The Kier molecular flexibility index (Phi) is 8.11. The Balaban J connectivity index is 1.45. The number of sulfonamides is 1. The number of rotatable bonds is 8. The van der Waals surface area contributed by atoms with Gasteiger partial charge in [-0.15, -0.1) is 0 Å². The van der Waals surface area contributed by atoms with Crippen LogP contribution >= 0.6 is 0 Å². The molecular weight excluding hydrogens is 410 g/mol. The van der Waals surface area contributed by atoms with Crippen LogP contribution in [0, 0.1) is 5.92 Å². The Labute approximate surface area is 179 Å². The number of nitrogens with one attached hydrogen (secondary N) is 1. The van der Waals surface area contributed by atoms with Crippen molar-refractivity contribution in [2.24, 2.45) is 5.92 Å². The highest BCUT2D eigenvalue weighted by Gasteiger charge is 2.54. The number of nitrogens with zero attached hydrogens (tertiary/aromatic N) is 2. The van der Waals surface area contributed by atoms with Crippen molar-refractivity contribution >= 4 is 21.8 Å². The van der Waals surface area contributed by atoms with Gasteiger partial charge in [0.1, 0.15) is 0 Å². The van der Waals surface area contributed by atoms with Crippen molar-refractivity contribution in [3.63, 3.8) is 0 Å². The minimum Gasteiger partial charge on any atom is -0.381 e. The maximum absolute atomic E-state index is 13.3. The minimum absolute atomic E-state index is 0.0483. The molecule has 3 heterocycles. The Bertz CT molecular complexity index is 693.